The first kappa shape index (κ1) is 20.1. The van der Waals surface area contributed by atoms with Crippen molar-refractivity contribution in [2.24, 2.45) is 7.05 Å². The molecular formula is C23H22FN3O2S. The van der Waals surface area contributed by atoms with Crippen molar-refractivity contribution in [3.8, 4) is 0 Å². The van der Waals surface area contributed by atoms with Gasteiger partial charge in [0.05, 0.1) is 21.6 Å². The van der Waals surface area contributed by atoms with Crippen molar-refractivity contribution in [2.45, 2.75) is 24.7 Å². The van der Waals surface area contributed by atoms with Gasteiger partial charge in [-0.1, -0.05) is 30.3 Å². The van der Waals surface area contributed by atoms with Crippen LogP contribution in [-0.4, -0.2) is 18.0 Å². The van der Waals surface area contributed by atoms with Crippen LogP contribution < -0.4 is 4.72 Å². The minimum absolute atomic E-state index is 0.0338. The Labute approximate surface area is 175 Å². The molecule has 1 heterocycles. The van der Waals surface area contributed by atoms with E-state index in [0.717, 1.165) is 22.4 Å². The molecule has 0 amide bonds. The van der Waals surface area contributed by atoms with Gasteiger partial charge in [0.1, 0.15) is 11.6 Å². The highest BCUT2D eigenvalue weighted by molar-refractivity contribution is 7.92. The lowest BCUT2D eigenvalue weighted by atomic mass is 10.1. The molecule has 0 radical (unpaired) electrons. The van der Waals surface area contributed by atoms with E-state index in [1.807, 2.05) is 43.4 Å². The van der Waals surface area contributed by atoms with Gasteiger partial charge in [-0.25, -0.2) is 17.8 Å². The second-order valence-corrected chi connectivity index (χ2v) is 8.93. The van der Waals surface area contributed by atoms with Gasteiger partial charge in [-0.3, -0.25) is 4.72 Å². The number of nitrogens with zero attached hydrogens (tertiary/aromatic N) is 2. The minimum atomic E-state index is -3.82. The third-order valence-electron chi connectivity index (χ3n) is 5.20. The molecule has 5 nitrogen and oxygen atoms in total. The highest BCUT2D eigenvalue weighted by Crippen LogP contribution is 2.23. The topological polar surface area (TPSA) is 64.0 Å². The summed E-state index contributed by atoms with van der Waals surface area (Å²) in [6.45, 7) is 1.54. The Morgan fingerprint density at radius 1 is 1.00 bits per heavy atom. The number of aryl methyl sites for hydroxylation is 4. The summed E-state index contributed by atoms with van der Waals surface area (Å²) in [4.78, 5) is 4.72. The number of rotatable bonds is 6. The number of imidazole rings is 1. The van der Waals surface area contributed by atoms with Crippen LogP contribution in [0.4, 0.5) is 10.1 Å². The van der Waals surface area contributed by atoms with Gasteiger partial charge in [0, 0.05) is 13.5 Å². The first-order valence-electron chi connectivity index (χ1n) is 9.62. The quantitative estimate of drug-likeness (QED) is 0.493. The summed E-state index contributed by atoms with van der Waals surface area (Å²) in [6.07, 6.45) is 1.29. The fourth-order valence-electron chi connectivity index (χ4n) is 3.49. The monoisotopic (exact) mass is 423 g/mol. The van der Waals surface area contributed by atoms with E-state index < -0.39 is 15.8 Å². The number of anilines is 1. The van der Waals surface area contributed by atoms with Crippen molar-refractivity contribution < 1.29 is 12.8 Å². The molecule has 1 N–H and O–H groups in total. The molecule has 4 aromatic rings. The summed E-state index contributed by atoms with van der Waals surface area (Å²) in [7, 11) is -1.84. The van der Waals surface area contributed by atoms with Crippen molar-refractivity contribution in [1.29, 1.82) is 0 Å². The van der Waals surface area contributed by atoms with Crippen LogP contribution >= 0.6 is 0 Å². The van der Waals surface area contributed by atoms with Gasteiger partial charge in [0.15, 0.2) is 0 Å². The Bertz CT molecular complexity index is 1330. The van der Waals surface area contributed by atoms with Crippen LogP contribution in [-0.2, 0) is 29.9 Å². The molecule has 0 unspecified atom stereocenters. The van der Waals surface area contributed by atoms with E-state index >= 15 is 0 Å². The standard InChI is InChI=1S/C23H22FN3O2S/c1-16-15-18(12-13-19(16)24)30(28,29)26-20-8-4-3-7-17(20)11-14-23-25-21-9-5-6-10-22(21)27(23)2/h3-10,12-13,15,26H,11,14H2,1-2H3. The van der Waals surface area contributed by atoms with Crippen LogP contribution in [0.25, 0.3) is 11.0 Å². The van der Waals surface area contributed by atoms with Crippen LogP contribution in [0.1, 0.15) is 17.0 Å². The number of fused-ring (bicyclic) bond motifs is 1. The van der Waals surface area contributed by atoms with Gasteiger partial charge in [0.25, 0.3) is 10.0 Å². The maximum Gasteiger partial charge on any atom is 0.261 e. The third kappa shape index (κ3) is 3.93. The molecule has 0 atom stereocenters. The van der Waals surface area contributed by atoms with Gasteiger partial charge in [-0.05, 0) is 60.9 Å². The van der Waals surface area contributed by atoms with Gasteiger partial charge < -0.3 is 4.57 Å². The minimum Gasteiger partial charge on any atom is -0.331 e. The number of aromatic nitrogens is 2. The number of halogens is 1. The van der Waals surface area contributed by atoms with Crippen molar-refractivity contribution >= 4 is 26.7 Å². The molecule has 154 valence electrons. The van der Waals surface area contributed by atoms with E-state index in [0.29, 0.717) is 18.5 Å². The molecule has 0 aliphatic carbocycles. The van der Waals surface area contributed by atoms with E-state index in [4.69, 9.17) is 0 Å². The summed E-state index contributed by atoms with van der Waals surface area (Å²) in [5.41, 5.74) is 3.67. The van der Waals surface area contributed by atoms with Crippen molar-refractivity contribution in [3.63, 3.8) is 0 Å². The molecule has 3 aromatic carbocycles. The molecule has 0 saturated heterocycles. The number of benzene rings is 3. The molecular weight excluding hydrogens is 401 g/mol. The first-order valence-corrected chi connectivity index (χ1v) is 11.1. The van der Waals surface area contributed by atoms with Gasteiger partial charge >= 0.3 is 0 Å². The van der Waals surface area contributed by atoms with Crippen molar-refractivity contribution in [3.05, 3.63) is 89.5 Å². The Balaban J connectivity index is 1.58. The molecule has 0 aliphatic heterocycles. The molecule has 0 bridgehead atoms. The zero-order valence-corrected chi connectivity index (χ0v) is 17.6. The van der Waals surface area contributed by atoms with Gasteiger partial charge in [0.2, 0.25) is 0 Å². The highest BCUT2D eigenvalue weighted by Gasteiger charge is 2.17. The predicted molar refractivity (Wildman–Crippen MR) is 117 cm³/mol. The number of hydrogen-bond donors (Lipinski definition) is 1. The van der Waals surface area contributed by atoms with Crippen LogP contribution in [0, 0.1) is 12.7 Å². The molecule has 0 saturated carbocycles. The molecule has 0 fully saturated rings. The van der Waals surface area contributed by atoms with Crippen LogP contribution in [0.3, 0.4) is 0 Å². The average Bonchev–Trinajstić information content (AvgIpc) is 3.05. The lowest BCUT2D eigenvalue weighted by Gasteiger charge is -2.13. The zero-order chi connectivity index (χ0) is 21.3. The largest absolute Gasteiger partial charge is 0.331 e. The smallest absolute Gasteiger partial charge is 0.261 e. The molecule has 1 aromatic heterocycles. The molecule has 4 rings (SSSR count). The number of nitrogens with one attached hydrogen (secondary N) is 1. The molecule has 0 spiro atoms. The second-order valence-electron chi connectivity index (χ2n) is 7.25. The van der Waals surface area contributed by atoms with Crippen molar-refractivity contribution in [2.75, 3.05) is 4.72 Å². The maximum atomic E-state index is 13.5. The number of hydrogen-bond acceptors (Lipinski definition) is 3. The van der Waals surface area contributed by atoms with Gasteiger partial charge in [-0.2, -0.15) is 0 Å². The van der Waals surface area contributed by atoms with E-state index in [-0.39, 0.29) is 10.5 Å². The summed E-state index contributed by atoms with van der Waals surface area (Å²) in [5.74, 6) is 0.500. The SMILES string of the molecule is Cc1cc(S(=O)(=O)Nc2ccccc2CCc2nc3ccccc3n2C)ccc1F. The van der Waals surface area contributed by atoms with E-state index in [1.165, 1.54) is 18.2 Å². The van der Waals surface area contributed by atoms with E-state index in [9.17, 15) is 12.8 Å². The zero-order valence-electron chi connectivity index (χ0n) is 16.8. The number of sulfonamides is 1. The lowest BCUT2D eigenvalue weighted by molar-refractivity contribution is 0.598. The Morgan fingerprint density at radius 3 is 2.50 bits per heavy atom. The van der Waals surface area contributed by atoms with Crippen LogP contribution in [0.2, 0.25) is 0 Å². The Hall–Kier alpha value is -3.19. The fraction of sp³-hybridized carbons (Fsp3) is 0.174. The second kappa shape index (κ2) is 7.91. The van der Waals surface area contributed by atoms with E-state index in [1.54, 1.807) is 19.1 Å². The molecule has 30 heavy (non-hydrogen) atoms. The van der Waals surface area contributed by atoms with E-state index in [2.05, 4.69) is 14.3 Å². The highest BCUT2D eigenvalue weighted by atomic mass is 32.2. The Morgan fingerprint density at radius 2 is 1.73 bits per heavy atom. The predicted octanol–water partition coefficient (Wildman–Crippen LogP) is 4.61. The third-order valence-corrected chi connectivity index (χ3v) is 6.56. The summed E-state index contributed by atoms with van der Waals surface area (Å²) < 4.78 is 43.9. The molecule has 7 heteroatoms. The molecule has 0 aliphatic rings. The average molecular weight is 424 g/mol. The van der Waals surface area contributed by atoms with Crippen molar-refractivity contribution in [1.82, 2.24) is 9.55 Å². The number of para-hydroxylation sites is 3. The summed E-state index contributed by atoms with van der Waals surface area (Å²) in [5, 5.41) is 0. The van der Waals surface area contributed by atoms with Gasteiger partial charge in [-0.15, -0.1) is 0 Å². The van der Waals surface area contributed by atoms with Crippen LogP contribution in [0.5, 0.6) is 0 Å². The first-order chi connectivity index (χ1) is 14.3. The normalized spacial score (nSPS) is 11.7. The van der Waals surface area contributed by atoms with Crippen LogP contribution in [0.15, 0.2) is 71.6 Å². The maximum absolute atomic E-state index is 13.5. The fourth-order valence-corrected chi connectivity index (χ4v) is 4.68. The summed E-state index contributed by atoms with van der Waals surface area (Å²) in [6, 6.07) is 19.0. The lowest BCUT2D eigenvalue weighted by Crippen LogP contribution is -2.15. The Kier molecular flexibility index (Phi) is 5.30. The summed E-state index contributed by atoms with van der Waals surface area (Å²) >= 11 is 0.